The van der Waals surface area contributed by atoms with E-state index in [-0.39, 0.29) is 16.7 Å². The molecule has 4 heterocycles. The van der Waals surface area contributed by atoms with Crippen molar-refractivity contribution in [2.45, 2.75) is 6.18 Å². The number of hydrogen-bond acceptors (Lipinski definition) is 3. The van der Waals surface area contributed by atoms with Gasteiger partial charge in [-0.15, -0.1) is 0 Å². The summed E-state index contributed by atoms with van der Waals surface area (Å²) in [6.07, 6.45) is -4.68. The van der Waals surface area contributed by atoms with Crippen molar-refractivity contribution < 1.29 is 13.2 Å². The summed E-state index contributed by atoms with van der Waals surface area (Å²) in [5.74, 6) is 0. The van der Waals surface area contributed by atoms with Crippen molar-refractivity contribution in [2.75, 3.05) is 0 Å². The highest BCUT2D eigenvalue weighted by Gasteiger charge is 2.35. The summed E-state index contributed by atoms with van der Waals surface area (Å²) in [5.41, 5.74) is 10.4. The van der Waals surface area contributed by atoms with Crippen molar-refractivity contribution in [3.8, 4) is 73.6 Å². The molecule has 8 aromatic carbocycles. The van der Waals surface area contributed by atoms with Crippen LogP contribution in [0.15, 0.2) is 218 Å². The molecule has 322 valence electrons. The van der Waals surface area contributed by atoms with Crippen LogP contribution in [-0.2, 0) is 6.18 Å². The molecule has 68 heavy (non-hydrogen) atoms. The van der Waals surface area contributed by atoms with Gasteiger partial charge in [0.15, 0.2) is 0 Å². The second-order valence-electron chi connectivity index (χ2n) is 16.7. The van der Waals surface area contributed by atoms with Gasteiger partial charge in [0, 0.05) is 49.4 Å². The van der Waals surface area contributed by atoms with Crippen LogP contribution in [0.4, 0.5) is 13.2 Å². The molecule has 0 aliphatic heterocycles. The topological polar surface area (TPSA) is 59.4 Å². The largest absolute Gasteiger partial charge is 0.417 e. The predicted octanol–water partition coefficient (Wildman–Crippen LogP) is 15.9. The van der Waals surface area contributed by atoms with Crippen LogP contribution >= 0.6 is 0 Å². The van der Waals surface area contributed by atoms with E-state index in [1.165, 1.54) is 12.1 Å². The number of pyridine rings is 2. The summed E-state index contributed by atoms with van der Waals surface area (Å²) in [5, 5.41) is 15.4. The Morgan fingerprint density at radius 3 is 1.38 bits per heavy atom. The molecule has 4 aromatic heterocycles. The van der Waals surface area contributed by atoms with Gasteiger partial charge in [-0.1, -0.05) is 158 Å². The number of aromatic nitrogens is 4. The lowest BCUT2D eigenvalue weighted by Gasteiger charge is -2.22. The number of hydrogen-bond donors (Lipinski definition) is 0. The normalized spacial score (nSPS) is 11.7. The van der Waals surface area contributed by atoms with E-state index >= 15 is 13.2 Å². The minimum atomic E-state index is -4.68. The van der Waals surface area contributed by atoms with E-state index in [4.69, 9.17) is 9.97 Å². The molecule has 0 saturated heterocycles. The van der Waals surface area contributed by atoms with Crippen molar-refractivity contribution in [3.05, 3.63) is 230 Å². The SMILES string of the molecule is N#Cc1c(-n2c3ccccc3c3ccc(-c4cccc(-c5ccccc5)n4)cc32)ccc(-c2ccccc2C(F)(F)F)c1-n1c2ccccc2c2ccc(-c3cccc(-c4ccccc4)n3)cc21. The molecule has 0 amide bonds. The van der Waals surface area contributed by atoms with Crippen molar-refractivity contribution >= 4 is 43.6 Å². The zero-order valence-corrected chi connectivity index (χ0v) is 36.2. The molecule has 0 spiro atoms. The second kappa shape index (κ2) is 16.1. The maximum atomic E-state index is 15.2. The van der Waals surface area contributed by atoms with Crippen LogP contribution in [-0.4, -0.2) is 19.1 Å². The summed E-state index contributed by atoms with van der Waals surface area (Å²) in [4.78, 5) is 10.2. The highest BCUT2D eigenvalue weighted by Crippen LogP contribution is 2.46. The monoisotopic (exact) mass is 883 g/mol. The molecule has 0 fully saturated rings. The fourth-order valence-corrected chi connectivity index (χ4v) is 9.78. The van der Waals surface area contributed by atoms with Gasteiger partial charge in [-0.3, -0.25) is 0 Å². The number of fused-ring (bicyclic) bond motifs is 6. The van der Waals surface area contributed by atoms with Crippen LogP contribution < -0.4 is 0 Å². The third-order valence-electron chi connectivity index (χ3n) is 12.8. The van der Waals surface area contributed by atoms with Crippen molar-refractivity contribution in [1.82, 2.24) is 19.1 Å². The van der Waals surface area contributed by atoms with Gasteiger partial charge in [0.05, 0.1) is 61.8 Å². The van der Waals surface area contributed by atoms with Gasteiger partial charge in [0.25, 0.3) is 0 Å². The van der Waals surface area contributed by atoms with E-state index in [0.717, 1.165) is 89.2 Å². The number of rotatable bonds is 7. The van der Waals surface area contributed by atoms with E-state index < -0.39 is 11.7 Å². The smallest absolute Gasteiger partial charge is 0.308 e. The maximum absolute atomic E-state index is 15.2. The Balaban J connectivity index is 1.16. The number of para-hydroxylation sites is 2. The highest BCUT2D eigenvalue weighted by atomic mass is 19.4. The Morgan fingerprint density at radius 1 is 0.382 bits per heavy atom. The van der Waals surface area contributed by atoms with Crippen LogP contribution in [0.2, 0.25) is 0 Å². The van der Waals surface area contributed by atoms with Crippen LogP contribution in [0.5, 0.6) is 0 Å². The zero-order chi connectivity index (χ0) is 45.9. The third kappa shape index (κ3) is 6.71. The molecular formula is C60H36F3N5. The molecule has 0 unspecified atom stereocenters. The Kier molecular flexibility index (Phi) is 9.59. The highest BCUT2D eigenvalue weighted by molar-refractivity contribution is 6.12. The molecule has 5 nitrogen and oxygen atoms in total. The van der Waals surface area contributed by atoms with Crippen LogP contribution in [0.1, 0.15) is 11.1 Å². The van der Waals surface area contributed by atoms with Gasteiger partial charge in [-0.05, 0) is 66.2 Å². The average molecular weight is 884 g/mol. The van der Waals surface area contributed by atoms with E-state index in [1.807, 2.05) is 162 Å². The van der Waals surface area contributed by atoms with Gasteiger partial charge in [0.1, 0.15) is 11.6 Å². The summed E-state index contributed by atoms with van der Waals surface area (Å²) >= 11 is 0. The van der Waals surface area contributed by atoms with Gasteiger partial charge >= 0.3 is 6.18 Å². The first kappa shape index (κ1) is 40.4. The molecule has 0 saturated carbocycles. The van der Waals surface area contributed by atoms with Crippen molar-refractivity contribution in [3.63, 3.8) is 0 Å². The van der Waals surface area contributed by atoms with Gasteiger partial charge in [-0.2, -0.15) is 18.4 Å². The molecule has 8 heteroatoms. The summed E-state index contributed by atoms with van der Waals surface area (Å²) in [7, 11) is 0. The summed E-state index contributed by atoms with van der Waals surface area (Å²) in [6, 6.07) is 71.7. The maximum Gasteiger partial charge on any atom is 0.417 e. The van der Waals surface area contributed by atoms with Crippen LogP contribution in [0, 0.1) is 11.3 Å². The molecule has 0 aliphatic rings. The first-order chi connectivity index (χ1) is 33.3. The standard InChI is InChI=1S/C60H36F3N5/c61-60(62,63)49-22-10-7-19-42(49)47-33-34-56(67-54-27-11-8-20-43(54)45-31-29-40(35-57(45)67)52-25-13-23-50(65-52)38-15-3-1-4-16-38)48(37-64)59(47)68-55-28-12-9-21-44(55)46-32-30-41(36-58(46)68)53-26-14-24-51(66-53)39-17-5-2-6-18-39/h1-36H. The Morgan fingerprint density at radius 2 is 0.838 bits per heavy atom. The minimum absolute atomic E-state index is 0.0359. The summed E-state index contributed by atoms with van der Waals surface area (Å²) in [6.45, 7) is 0. The van der Waals surface area contributed by atoms with E-state index in [1.54, 1.807) is 18.2 Å². The Hall–Kier alpha value is -9.06. The lowest BCUT2D eigenvalue weighted by atomic mass is 9.94. The minimum Gasteiger partial charge on any atom is -0.308 e. The lowest BCUT2D eigenvalue weighted by molar-refractivity contribution is -0.137. The summed E-state index contributed by atoms with van der Waals surface area (Å²) < 4.78 is 49.5. The molecule has 0 N–H and O–H groups in total. The number of nitriles is 1. The van der Waals surface area contributed by atoms with E-state index in [9.17, 15) is 5.26 Å². The van der Waals surface area contributed by atoms with Crippen LogP contribution in [0.3, 0.4) is 0 Å². The van der Waals surface area contributed by atoms with Gasteiger partial charge < -0.3 is 9.13 Å². The molecule has 0 bridgehead atoms. The number of nitrogens with zero attached hydrogens (tertiary/aromatic N) is 5. The average Bonchev–Trinajstić information content (AvgIpc) is 3.90. The molecule has 0 radical (unpaired) electrons. The first-order valence-electron chi connectivity index (χ1n) is 22.2. The van der Waals surface area contributed by atoms with Gasteiger partial charge in [0.2, 0.25) is 0 Å². The fraction of sp³-hybridized carbons (Fsp3) is 0.0167. The zero-order valence-electron chi connectivity index (χ0n) is 36.2. The molecule has 0 atom stereocenters. The number of halogens is 3. The first-order valence-corrected chi connectivity index (χ1v) is 22.2. The van der Waals surface area contributed by atoms with Crippen molar-refractivity contribution in [1.29, 1.82) is 5.26 Å². The number of benzene rings is 8. The predicted molar refractivity (Wildman–Crippen MR) is 268 cm³/mol. The molecule has 12 aromatic rings. The third-order valence-corrected chi connectivity index (χ3v) is 12.8. The van der Waals surface area contributed by atoms with E-state index in [2.05, 4.69) is 34.9 Å². The Bertz CT molecular complexity index is 3970. The molecule has 12 rings (SSSR count). The Labute approximate surface area is 388 Å². The molecule has 0 aliphatic carbocycles. The van der Waals surface area contributed by atoms with Gasteiger partial charge in [-0.25, -0.2) is 9.97 Å². The van der Waals surface area contributed by atoms with Crippen LogP contribution in [0.25, 0.3) is 111 Å². The second-order valence-corrected chi connectivity index (χ2v) is 16.7. The fourth-order valence-electron chi connectivity index (χ4n) is 9.78. The lowest BCUT2D eigenvalue weighted by Crippen LogP contribution is -2.10. The van der Waals surface area contributed by atoms with Crippen molar-refractivity contribution in [2.24, 2.45) is 0 Å². The van der Waals surface area contributed by atoms with E-state index in [0.29, 0.717) is 16.9 Å². The quantitative estimate of drug-likeness (QED) is 0.160. The molecular weight excluding hydrogens is 848 g/mol. The number of alkyl halides is 3.